The maximum Gasteiger partial charge on any atom is 0.243 e. The van der Waals surface area contributed by atoms with Crippen molar-refractivity contribution >= 4 is 23.1 Å². The van der Waals surface area contributed by atoms with Crippen molar-refractivity contribution in [1.29, 1.82) is 0 Å². The third kappa shape index (κ3) is 3.85. The highest BCUT2D eigenvalue weighted by Crippen LogP contribution is 2.15. The van der Waals surface area contributed by atoms with Gasteiger partial charge in [0.25, 0.3) is 0 Å². The van der Waals surface area contributed by atoms with Crippen molar-refractivity contribution in [2.75, 3.05) is 11.5 Å². The summed E-state index contributed by atoms with van der Waals surface area (Å²) < 4.78 is 4.30. The van der Waals surface area contributed by atoms with E-state index in [4.69, 9.17) is 0 Å². The molecule has 0 fully saturated rings. The van der Waals surface area contributed by atoms with Crippen molar-refractivity contribution in [3.05, 3.63) is 34.8 Å². The Balaban J connectivity index is 1.62. The summed E-state index contributed by atoms with van der Waals surface area (Å²) in [6.45, 7) is 3.18. The molecular weight excluding hydrogens is 250 g/mol. The van der Waals surface area contributed by atoms with Gasteiger partial charge in [-0.3, -0.25) is 0 Å². The number of aryl methyl sites for hydroxylation is 4. The maximum atomic E-state index is 4.27. The standard InChI is InChI=1S/C12H18N3S2/c1-11-12(17-9-13-11)3-7-16-8-6-15-5-4-14(2)10-15/h4-5,9-10H,3,6-8H2,1-2H3/q+1. The van der Waals surface area contributed by atoms with Gasteiger partial charge in [0.2, 0.25) is 6.33 Å². The summed E-state index contributed by atoms with van der Waals surface area (Å²) in [5.74, 6) is 2.36. The summed E-state index contributed by atoms with van der Waals surface area (Å²) in [5, 5.41) is 0. The van der Waals surface area contributed by atoms with Gasteiger partial charge in [0.05, 0.1) is 24.8 Å². The monoisotopic (exact) mass is 268 g/mol. The molecule has 0 aromatic carbocycles. The second-order valence-corrected chi connectivity index (χ2v) is 6.20. The highest BCUT2D eigenvalue weighted by Gasteiger charge is 2.02. The molecule has 2 aromatic heterocycles. The van der Waals surface area contributed by atoms with Crippen LogP contribution in [0.1, 0.15) is 10.6 Å². The maximum absolute atomic E-state index is 4.27. The average Bonchev–Trinajstić information content (AvgIpc) is 2.88. The fourth-order valence-corrected chi connectivity index (χ4v) is 3.44. The molecular formula is C12H18N3S2+. The van der Waals surface area contributed by atoms with Crippen LogP contribution < -0.4 is 4.57 Å². The molecule has 0 saturated carbocycles. The lowest BCUT2D eigenvalue weighted by molar-refractivity contribution is -0.671. The number of hydrogen-bond donors (Lipinski definition) is 0. The Hall–Kier alpha value is -0.810. The van der Waals surface area contributed by atoms with E-state index in [2.05, 4.69) is 46.8 Å². The van der Waals surface area contributed by atoms with E-state index in [9.17, 15) is 0 Å². The van der Waals surface area contributed by atoms with Crippen LogP contribution in [-0.2, 0) is 20.0 Å². The third-order valence-corrected chi connectivity index (χ3v) is 4.59. The second-order valence-electron chi connectivity index (χ2n) is 4.04. The normalized spacial score (nSPS) is 10.9. The fraction of sp³-hybridized carbons (Fsp3) is 0.500. The third-order valence-electron chi connectivity index (χ3n) is 2.64. The lowest BCUT2D eigenvalue weighted by atomic mass is 10.3. The van der Waals surface area contributed by atoms with E-state index in [-0.39, 0.29) is 0 Å². The van der Waals surface area contributed by atoms with Crippen LogP contribution in [0.3, 0.4) is 0 Å². The van der Waals surface area contributed by atoms with Crippen molar-refractivity contribution in [1.82, 2.24) is 9.55 Å². The minimum absolute atomic E-state index is 1.09. The van der Waals surface area contributed by atoms with Gasteiger partial charge in [-0.05, 0) is 19.1 Å². The Morgan fingerprint density at radius 3 is 3.00 bits per heavy atom. The molecule has 2 aromatic rings. The zero-order valence-corrected chi connectivity index (χ0v) is 11.9. The van der Waals surface area contributed by atoms with Gasteiger partial charge in [-0.2, -0.15) is 11.8 Å². The van der Waals surface area contributed by atoms with Gasteiger partial charge < -0.3 is 0 Å². The smallest absolute Gasteiger partial charge is 0.243 e. The average molecular weight is 268 g/mol. The molecule has 2 heterocycles. The summed E-state index contributed by atoms with van der Waals surface area (Å²) >= 11 is 3.79. The van der Waals surface area contributed by atoms with E-state index in [1.165, 1.54) is 22.1 Å². The van der Waals surface area contributed by atoms with Crippen LogP contribution in [0.4, 0.5) is 0 Å². The number of imidazole rings is 1. The Morgan fingerprint density at radius 2 is 2.35 bits per heavy atom. The first kappa shape index (κ1) is 12.6. The Labute approximate surface area is 111 Å². The van der Waals surface area contributed by atoms with Gasteiger partial charge in [0.1, 0.15) is 12.4 Å². The minimum atomic E-state index is 1.09. The Morgan fingerprint density at radius 1 is 1.47 bits per heavy atom. The molecule has 0 bridgehead atoms. The van der Waals surface area contributed by atoms with Gasteiger partial charge in [-0.1, -0.05) is 0 Å². The number of rotatable bonds is 6. The highest BCUT2D eigenvalue weighted by molar-refractivity contribution is 7.99. The lowest BCUT2D eigenvalue weighted by Crippen LogP contribution is -2.23. The van der Waals surface area contributed by atoms with Crippen LogP contribution >= 0.6 is 23.1 Å². The van der Waals surface area contributed by atoms with Crippen LogP contribution in [0.5, 0.6) is 0 Å². The van der Waals surface area contributed by atoms with Crippen LogP contribution in [0.25, 0.3) is 0 Å². The Kier molecular flexibility index (Phi) is 4.62. The van der Waals surface area contributed by atoms with E-state index < -0.39 is 0 Å². The van der Waals surface area contributed by atoms with Crippen molar-refractivity contribution < 1.29 is 4.57 Å². The van der Waals surface area contributed by atoms with E-state index in [0.717, 1.165) is 13.0 Å². The first-order valence-corrected chi connectivity index (χ1v) is 7.77. The van der Waals surface area contributed by atoms with Gasteiger partial charge in [-0.25, -0.2) is 14.1 Å². The van der Waals surface area contributed by atoms with Crippen LogP contribution in [0, 0.1) is 6.92 Å². The Bertz CT molecular complexity index is 462. The van der Waals surface area contributed by atoms with E-state index in [1.54, 1.807) is 11.3 Å². The second kappa shape index (κ2) is 6.21. The van der Waals surface area contributed by atoms with E-state index in [1.807, 2.05) is 17.3 Å². The molecule has 0 saturated heterocycles. The SMILES string of the molecule is Cc1ncsc1CCSCCn1cc[n+](C)c1. The molecule has 0 amide bonds. The topological polar surface area (TPSA) is 21.7 Å². The van der Waals surface area contributed by atoms with Crippen molar-refractivity contribution in [3.8, 4) is 0 Å². The van der Waals surface area contributed by atoms with Crippen LogP contribution in [0.2, 0.25) is 0 Å². The molecule has 0 spiro atoms. The summed E-state index contributed by atoms with van der Waals surface area (Å²) in [6, 6.07) is 0. The van der Waals surface area contributed by atoms with Gasteiger partial charge in [0, 0.05) is 10.6 Å². The largest absolute Gasteiger partial charge is 0.250 e. The number of thioether (sulfide) groups is 1. The molecule has 5 heteroatoms. The molecule has 0 aliphatic heterocycles. The molecule has 2 rings (SSSR count). The molecule has 0 unspecified atom stereocenters. The van der Waals surface area contributed by atoms with E-state index in [0.29, 0.717) is 0 Å². The molecule has 0 atom stereocenters. The molecule has 3 nitrogen and oxygen atoms in total. The first-order chi connectivity index (χ1) is 8.25. The number of thiazole rings is 1. The summed E-state index contributed by atoms with van der Waals surface area (Å²) in [4.78, 5) is 5.70. The summed E-state index contributed by atoms with van der Waals surface area (Å²) in [5.41, 5.74) is 3.14. The van der Waals surface area contributed by atoms with Gasteiger partial charge in [-0.15, -0.1) is 11.3 Å². The first-order valence-electron chi connectivity index (χ1n) is 5.73. The van der Waals surface area contributed by atoms with Crippen molar-refractivity contribution in [3.63, 3.8) is 0 Å². The predicted molar refractivity (Wildman–Crippen MR) is 73.5 cm³/mol. The summed E-state index contributed by atoms with van der Waals surface area (Å²) in [7, 11) is 2.05. The lowest BCUT2D eigenvalue weighted by Gasteiger charge is -1.99. The van der Waals surface area contributed by atoms with Crippen LogP contribution in [-0.4, -0.2) is 21.1 Å². The highest BCUT2D eigenvalue weighted by atomic mass is 32.2. The molecule has 0 aliphatic carbocycles. The number of hydrogen-bond acceptors (Lipinski definition) is 3. The number of nitrogens with zero attached hydrogens (tertiary/aromatic N) is 3. The molecule has 17 heavy (non-hydrogen) atoms. The van der Waals surface area contributed by atoms with Crippen molar-refractivity contribution in [2.24, 2.45) is 7.05 Å². The van der Waals surface area contributed by atoms with Crippen molar-refractivity contribution in [2.45, 2.75) is 19.9 Å². The molecule has 92 valence electrons. The predicted octanol–water partition coefficient (Wildman–Crippen LogP) is 2.05. The zero-order chi connectivity index (χ0) is 12.1. The van der Waals surface area contributed by atoms with E-state index >= 15 is 0 Å². The fourth-order valence-electron chi connectivity index (χ4n) is 1.64. The molecule has 0 aliphatic rings. The minimum Gasteiger partial charge on any atom is -0.250 e. The van der Waals surface area contributed by atoms with Crippen LogP contribution in [0.15, 0.2) is 24.2 Å². The zero-order valence-electron chi connectivity index (χ0n) is 10.3. The molecule has 0 N–H and O–H groups in total. The van der Waals surface area contributed by atoms with Gasteiger partial charge in [0.15, 0.2) is 0 Å². The quantitative estimate of drug-likeness (QED) is 0.591. The molecule has 0 radical (unpaired) electrons. The number of aromatic nitrogens is 3. The van der Waals surface area contributed by atoms with Gasteiger partial charge >= 0.3 is 0 Å². The summed E-state index contributed by atoms with van der Waals surface area (Å²) in [6.07, 6.45) is 7.47.